The van der Waals surface area contributed by atoms with E-state index in [4.69, 9.17) is 4.74 Å². The lowest BCUT2D eigenvalue weighted by Gasteiger charge is -2.26. The number of hydrogen-bond acceptors (Lipinski definition) is 4. The van der Waals surface area contributed by atoms with Crippen LogP contribution in [0.1, 0.15) is 21.5 Å². The summed E-state index contributed by atoms with van der Waals surface area (Å²) in [4.78, 5) is 28.9. The van der Waals surface area contributed by atoms with Crippen molar-refractivity contribution in [3.05, 3.63) is 65.0 Å². The third-order valence-electron chi connectivity index (χ3n) is 5.32. The number of rotatable bonds is 6. The van der Waals surface area contributed by atoms with Crippen molar-refractivity contribution in [2.75, 3.05) is 44.3 Å². The Morgan fingerprint density at radius 3 is 2.76 bits per heavy atom. The molecule has 0 saturated carbocycles. The Hall–Kier alpha value is -2.77. The van der Waals surface area contributed by atoms with Crippen LogP contribution in [0.2, 0.25) is 0 Å². The Morgan fingerprint density at radius 2 is 1.97 bits per heavy atom. The first-order chi connectivity index (χ1) is 14.1. The molecule has 0 unspecified atom stereocenters. The van der Waals surface area contributed by atoms with Gasteiger partial charge in [0.05, 0.1) is 26.2 Å². The minimum absolute atomic E-state index is 0.0471. The van der Waals surface area contributed by atoms with Crippen molar-refractivity contribution in [1.82, 2.24) is 10.2 Å². The standard InChI is InChI=1S/C22H24FN3O3/c23-19-3-1-2-16(12-19)15-26-20-5-4-17(13-18(20)14-21(26)27)22(28)24-6-7-25-8-10-29-11-9-25/h1-5,12-13H,6-11,14-15H2,(H,24,28). The van der Waals surface area contributed by atoms with Crippen LogP contribution < -0.4 is 10.2 Å². The van der Waals surface area contributed by atoms with Crippen molar-refractivity contribution >= 4 is 17.5 Å². The van der Waals surface area contributed by atoms with E-state index in [1.54, 1.807) is 35.2 Å². The fraction of sp³-hybridized carbons (Fsp3) is 0.364. The van der Waals surface area contributed by atoms with Crippen molar-refractivity contribution in [2.45, 2.75) is 13.0 Å². The van der Waals surface area contributed by atoms with Crippen LogP contribution in [0.25, 0.3) is 0 Å². The topological polar surface area (TPSA) is 61.9 Å². The van der Waals surface area contributed by atoms with Crippen molar-refractivity contribution in [2.24, 2.45) is 0 Å². The molecule has 6 nitrogen and oxygen atoms in total. The molecule has 2 heterocycles. The lowest BCUT2D eigenvalue weighted by atomic mass is 10.1. The van der Waals surface area contributed by atoms with Gasteiger partial charge in [0.2, 0.25) is 5.91 Å². The fourth-order valence-electron chi connectivity index (χ4n) is 3.77. The SMILES string of the molecule is O=C(NCCN1CCOCC1)c1ccc2c(c1)CC(=O)N2Cc1cccc(F)c1. The van der Waals surface area contributed by atoms with Crippen LogP contribution in [0.5, 0.6) is 0 Å². The molecule has 2 aliphatic rings. The van der Waals surface area contributed by atoms with Crippen molar-refractivity contribution in [3.8, 4) is 0 Å². The van der Waals surface area contributed by atoms with Crippen LogP contribution in [0, 0.1) is 5.82 Å². The molecule has 0 bridgehead atoms. The smallest absolute Gasteiger partial charge is 0.251 e. The summed E-state index contributed by atoms with van der Waals surface area (Å²) in [6.07, 6.45) is 0.250. The van der Waals surface area contributed by atoms with E-state index >= 15 is 0 Å². The predicted octanol–water partition coefficient (Wildman–Crippen LogP) is 1.98. The highest BCUT2D eigenvalue weighted by molar-refractivity contribution is 6.03. The Morgan fingerprint density at radius 1 is 1.14 bits per heavy atom. The highest BCUT2D eigenvalue weighted by Gasteiger charge is 2.28. The van der Waals surface area contributed by atoms with E-state index in [0.29, 0.717) is 18.7 Å². The number of nitrogens with zero attached hydrogens (tertiary/aromatic N) is 2. The zero-order valence-corrected chi connectivity index (χ0v) is 16.2. The summed E-state index contributed by atoms with van der Waals surface area (Å²) in [6.45, 7) is 4.92. The van der Waals surface area contributed by atoms with Crippen LogP contribution in [0.15, 0.2) is 42.5 Å². The third kappa shape index (κ3) is 4.63. The summed E-state index contributed by atoms with van der Waals surface area (Å²) in [5, 5.41) is 2.94. The van der Waals surface area contributed by atoms with E-state index in [1.165, 1.54) is 12.1 Å². The summed E-state index contributed by atoms with van der Waals surface area (Å²) in [7, 11) is 0. The van der Waals surface area contributed by atoms with E-state index < -0.39 is 0 Å². The van der Waals surface area contributed by atoms with Gasteiger partial charge in [0.25, 0.3) is 5.91 Å². The van der Waals surface area contributed by atoms with E-state index in [9.17, 15) is 14.0 Å². The highest BCUT2D eigenvalue weighted by Crippen LogP contribution is 2.31. The fourth-order valence-corrected chi connectivity index (χ4v) is 3.77. The molecule has 2 aliphatic heterocycles. The molecule has 2 aromatic carbocycles. The molecule has 7 heteroatoms. The first kappa shape index (κ1) is 19.5. The average molecular weight is 397 g/mol. The largest absolute Gasteiger partial charge is 0.379 e. The number of carbonyl (C=O) groups excluding carboxylic acids is 2. The molecule has 152 valence electrons. The van der Waals surface area contributed by atoms with Gasteiger partial charge in [-0.3, -0.25) is 14.5 Å². The Bertz CT molecular complexity index is 912. The molecule has 4 rings (SSSR count). The Labute approximate surface area is 169 Å². The van der Waals surface area contributed by atoms with E-state index in [-0.39, 0.29) is 24.1 Å². The highest BCUT2D eigenvalue weighted by atomic mass is 19.1. The van der Waals surface area contributed by atoms with Gasteiger partial charge in [-0.15, -0.1) is 0 Å². The maximum atomic E-state index is 13.4. The van der Waals surface area contributed by atoms with Crippen LogP contribution in [0.4, 0.5) is 10.1 Å². The number of amides is 2. The van der Waals surface area contributed by atoms with Gasteiger partial charge in [-0.25, -0.2) is 4.39 Å². The number of nitrogens with one attached hydrogen (secondary N) is 1. The predicted molar refractivity (Wildman–Crippen MR) is 107 cm³/mol. The van der Waals surface area contributed by atoms with Gasteiger partial charge in [-0.2, -0.15) is 0 Å². The molecule has 0 spiro atoms. The summed E-state index contributed by atoms with van der Waals surface area (Å²) in [5.41, 5.74) is 2.89. The summed E-state index contributed by atoms with van der Waals surface area (Å²) in [5.74, 6) is -0.510. The molecule has 2 amide bonds. The first-order valence-electron chi connectivity index (χ1n) is 9.86. The lowest BCUT2D eigenvalue weighted by molar-refractivity contribution is -0.117. The molecule has 0 aliphatic carbocycles. The average Bonchev–Trinajstić information content (AvgIpc) is 3.03. The monoisotopic (exact) mass is 397 g/mol. The van der Waals surface area contributed by atoms with Gasteiger partial charge in [0.15, 0.2) is 0 Å². The van der Waals surface area contributed by atoms with Crippen molar-refractivity contribution < 1.29 is 18.7 Å². The number of ether oxygens (including phenoxy) is 1. The molecule has 0 radical (unpaired) electrons. The zero-order valence-electron chi connectivity index (χ0n) is 16.2. The summed E-state index contributed by atoms with van der Waals surface area (Å²) < 4.78 is 18.8. The molecule has 1 fully saturated rings. The maximum absolute atomic E-state index is 13.4. The molecule has 2 aromatic rings. The molecular formula is C22H24FN3O3. The van der Waals surface area contributed by atoms with Gasteiger partial charge in [-0.1, -0.05) is 12.1 Å². The van der Waals surface area contributed by atoms with Crippen molar-refractivity contribution in [3.63, 3.8) is 0 Å². The van der Waals surface area contributed by atoms with Crippen LogP contribution in [-0.2, 0) is 22.5 Å². The normalized spacial score (nSPS) is 16.7. The van der Waals surface area contributed by atoms with Gasteiger partial charge < -0.3 is 15.0 Å². The minimum Gasteiger partial charge on any atom is -0.379 e. The van der Waals surface area contributed by atoms with E-state index in [2.05, 4.69) is 10.2 Å². The number of morpholine rings is 1. The van der Waals surface area contributed by atoms with E-state index in [0.717, 1.165) is 49.7 Å². The summed E-state index contributed by atoms with van der Waals surface area (Å²) >= 11 is 0. The van der Waals surface area contributed by atoms with Crippen LogP contribution >= 0.6 is 0 Å². The molecule has 0 aromatic heterocycles. The molecular weight excluding hydrogens is 373 g/mol. The van der Waals surface area contributed by atoms with Crippen LogP contribution in [-0.4, -0.2) is 56.1 Å². The lowest BCUT2D eigenvalue weighted by Crippen LogP contribution is -2.41. The van der Waals surface area contributed by atoms with Gasteiger partial charge >= 0.3 is 0 Å². The summed E-state index contributed by atoms with van der Waals surface area (Å²) in [6, 6.07) is 11.6. The number of fused-ring (bicyclic) bond motifs is 1. The van der Waals surface area contributed by atoms with E-state index in [1.807, 2.05) is 0 Å². The van der Waals surface area contributed by atoms with Crippen molar-refractivity contribution in [1.29, 1.82) is 0 Å². The third-order valence-corrected chi connectivity index (χ3v) is 5.32. The second-order valence-corrected chi connectivity index (χ2v) is 7.34. The van der Waals surface area contributed by atoms with Gasteiger partial charge in [0, 0.05) is 37.4 Å². The van der Waals surface area contributed by atoms with Crippen LogP contribution in [0.3, 0.4) is 0 Å². The number of hydrogen-bond donors (Lipinski definition) is 1. The molecule has 1 saturated heterocycles. The first-order valence-corrected chi connectivity index (χ1v) is 9.86. The number of carbonyl (C=O) groups is 2. The second-order valence-electron chi connectivity index (χ2n) is 7.34. The van der Waals surface area contributed by atoms with Gasteiger partial charge in [-0.05, 0) is 41.5 Å². The Kier molecular flexibility index (Phi) is 5.87. The maximum Gasteiger partial charge on any atom is 0.251 e. The second kappa shape index (κ2) is 8.71. The van der Waals surface area contributed by atoms with Gasteiger partial charge in [0.1, 0.15) is 5.82 Å². The molecule has 29 heavy (non-hydrogen) atoms. The molecule has 0 atom stereocenters. The Balaban J connectivity index is 1.38. The number of anilines is 1. The number of benzene rings is 2. The quantitative estimate of drug-likeness (QED) is 0.810. The zero-order chi connectivity index (χ0) is 20.2. The molecule has 1 N–H and O–H groups in total. The minimum atomic E-state index is -0.321. The number of halogens is 1.